The fourth-order valence-electron chi connectivity index (χ4n) is 2.21. The summed E-state index contributed by atoms with van der Waals surface area (Å²) in [7, 11) is 0. The van der Waals surface area contributed by atoms with Gasteiger partial charge in [-0.15, -0.1) is 0 Å². The predicted molar refractivity (Wildman–Crippen MR) is 84.2 cm³/mol. The van der Waals surface area contributed by atoms with Gasteiger partial charge in [-0.05, 0) is 30.7 Å². The zero-order valence-corrected chi connectivity index (χ0v) is 12.6. The Labute approximate surface area is 124 Å². The van der Waals surface area contributed by atoms with Gasteiger partial charge in [0, 0.05) is 11.9 Å². The highest BCUT2D eigenvalue weighted by molar-refractivity contribution is 8.00. The molecule has 1 aliphatic rings. The molecular weight excluding hydrogens is 268 g/mol. The summed E-state index contributed by atoms with van der Waals surface area (Å²) in [5, 5.41) is 6.42. The number of aromatic nitrogens is 1. The van der Waals surface area contributed by atoms with Crippen molar-refractivity contribution in [3.63, 3.8) is 0 Å². The number of para-hydroxylation sites is 1. The lowest BCUT2D eigenvalue weighted by Gasteiger charge is -2.25. The van der Waals surface area contributed by atoms with Gasteiger partial charge >= 0.3 is 0 Å². The van der Waals surface area contributed by atoms with E-state index in [-0.39, 0.29) is 0 Å². The minimum atomic E-state index is 0.564. The van der Waals surface area contributed by atoms with Crippen LogP contribution in [0.4, 0.5) is 0 Å². The largest absolute Gasteiger partial charge is 0.379 e. The molecule has 0 radical (unpaired) electrons. The summed E-state index contributed by atoms with van der Waals surface area (Å²) < 4.78 is 5.27. The quantitative estimate of drug-likeness (QED) is 0.828. The minimum absolute atomic E-state index is 0.564. The first-order valence-corrected chi connectivity index (χ1v) is 8.08. The molecule has 1 fully saturated rings. The van der Waals surface area contributed by atoms with Crippen LogP contribution in [-0.4, -0.2) is 30.0 Å². The average molecular weight is 288 g/mol. The van der Waals surface area contributed by atoms with Gasteiger partial charge in [-0.3, -0.25) is 0 Å². The Bertz CT molecular complexity index is 584. The second kappa shape index (κ2) is 6.57. The Hall–Kier alpha value is -1.10. The molecule has 1 saturated heterocycles. The maximum Gasteiger partial charge on any atom is 0.102 e. The summed E-state index contributed by atoms with van der Waals surface area (Å²) >= 11 is 1.85. The Morgan fingerprint density at radius 2 is 2.20 bits per heavy atom. The molecule has 1 N–H and O–H groups in total. The van der Waals surface area contributed by atoms with Crippen LogP contribution in [-0.2, 0) is 11.3 Å². The van der Waals surface area contributed by atoms with Gasteiger partial charge in [0.25, 0.3) is 0 Å². The van der Waals surface area contributed by atoms with E-state index in [1.54, 1.807) is 0 Å². The smallest absolute Gasteiger partial charge is 0.102 e. The zero-order valence-electron chi connectivity index (χ0n) is 11.8. The third-order valence-electron chi connectivity index (χ3n) is 3.39. The second-order valence-corrected chi connectivity index (χ2v) is 6.39. The minimum Gasteiger partial charge on any atom is -0.379 e. The SMILES string of the molecule is CCCNCc1cc2ccccc2nc1SC1COC1. The van der Waals surface area contributed by atoms with Crippen molar-refractivity contribution in [2.24, 2.45) is 0 Å². The van der Waals surface area contributed by atoms with Crippen LogP contribution < -0.4 is 5.32 Å². The van der Waals surface area contributed by atoms with Crippen LogP contribution in [0.15, 0.2) is 35.4 Å². The lowest BCUT2D eigenvalue weighted by atomic mass is 10.1. The van der Waals surface area contributed by atoms with E-state index in [4.69, 9.17) is 9.72 Å². The van der Waals surface area contributed by atoms with Gasteiger partial charge in [-0.1, -0.05) is 36.9 Å². The molecule has 0 unspecified atom stereocenters. The van der Waals surface area contributed by atoms with Gasteiger partial charge in [-0.2, -0.15) is 0 Å². The van der Waals surface area contributed by atoms with Crippen molar-refractivity contribution < 1.29 is 4.74 Å². The number of hydrogen-bond acceptors (Lipinski definition) is 4. The normalized spacial score (nSPS) is 15.4. The second-order valence-electron chi connectivity index (χ2n) is 5.10. The monoisotopic (exact) mass is 288 g/mol. The molecule has 0 amide bonds. The van der Waals surface area contributed by atoms with E-state index in [0.29, 0.717) is 5.25 Å². The summed E-state index contributed by atoms with van der Waals surface area (Å²) in [5.74, 6) is 0. The number of nitrogens with one attached hydrogen (secondary N) is 1. The molecule has 0 spiro atoms. The molecule has 4 heteroatoms. The van der Waals surface area contributed by atoms with Crippen LogP contribution in [0.1, 0.15) is 18.9 Å². The maximum atomic E-state index is 5.27. The van der Waals surface area contributed by atoms with Gasteiger partial charge in [-0.25, -0.2) is 4.98 Å². The van der Waals surface area contributed by atoms with Crippen LogP contribution in [0, 0.1) is 0 Å². The Kier molecular flexibility index (Phi) is 4.55. The summed E-state index contributed by atoms with van der Waals surface area (Å²) in [6, 6.07) is 10.6. The van der Waals surface area contributed by atoms with Crippen LogP contribution in [0.3, 0.4) is 0 Å². The number of pyridine rings is 1. The molecule has 1 aromatic heterocycles. The molecule has 2 heterocycles. The molecule has 0 atom stereocenters. The van der Waals surface area contributed by atoms with Crippen molar-refractivity contribution >= 4 is 22.7 Å². The summed E-state index contributed by atoms with van der Waals surface area (Å²) in [6.07, 6.45) is 1.15. The molecule has 0 saturated carbocycles. The highest BCUT2D eigenvalue weighted by atomic mass is 32.2. The van der Waals surface area contributed by atoms with E-state index >= 15 is 0 Å². The van der Waals surface area contributed by atoms with Gasteiger partial charge in [0.1, 0.15) is 5.03 Å². The van der Waals surface area contributed by atoms with Crippen molar-refractivity contribution in [2.75, 3.05) is 19.8 Å². The standard InChI is InChI=1S/C16H20N2OS/c1-2-7-17-9-13-8-12-5-3-4-6-15(12)18-16(13)20-14-10-19-11-14/h3-6,8,14,17H,2,7,9-11H2,1H3. The number of fused-ring (bicyclic) bond motifs is 1. The first-order valence-electron chi connectivity index (χ1n) is 7.20. The predicted octanol–water partition coefficient (Wildman–Crippen LogP) is 3.23. The van der Waals surface area contributed by atoms with Crippen molar-refractivity contribution in [1.82, 2.24) is 10.3 Å². The number of nitrogens with zero attached hydrogens (tertiary/aromatic N) is 1. The van der Waals surface area contributed by atoms with E-state index in [1.807, 2.05) is 17.8 Å². The van der Waals surface area contributed by atoms with Crippen LogP contribution >= 0.6 is 11.8 Å². The van der Waals surface area contributed by atoms with E-state index in [1.165, 1.54) is 10.9 Å². The first-order chi connectivity index (χ1) is 9.86. The van der Waals surface area contributed by atoms with Gasteiger partial charge in [0.05, 0.1) is 24.0 Å². The van der Waals surface area contributed by atoms with Crippen LogP contribution in [0.25, 0.3) is 10.9 Å². The van der Waals surface area contributed by atoms with Gasteiger partial charge in [0.2, 0.25) is 0 Å². The van der Waals surface area contributed by atoms with Gasteiger partial charge < -0.3 is 10.1 Å². The van der Waals surface area contributed by atoms with E-state index in [9.17, 15) is 0 Å². The summed E-state index contributed by atoms with van der Waals surface area (Å²) in [4.78, 5) is 4.84. The third kappa shape index (κ3) is 3.14. The number of hydrogen-bond donors (Lipinski definition) is 1. The van der Waals surface area contributed by atoms with Crippen LogP contribution in [0.2, 0.25) is 0 Å². The molecule has 0 aliphatic carbocycles. The van der Waals surface area contributed by atoms with E-state index in [0.717, 1.165) is 43.3 Å². The highest BCUT2D eigenvalue weighted by Gasteiger charge is 2.21. The molecule has 20 heavy (non-hydrogen) atoms. The third-order valence-corrected chi connectivity index (χ3v) is 4.57. The molecule has 106 valence electrons. The molecule has 0 bridgehead atoms. The van der Waals surface area contributed by atoms with Crippen molar-refractivity contribution in [2.45, 2.75) is 30.2 Å². The summed E-state index contributed by atoms with van der Waals surface area (Å²) in [5.41, 5.74) is 2.38. The maximum absolute atomic E-state index is 5.27. The fraction of sp³-hybridized carbons (Fsp3) is 0.438. The van der Waals surface area contributed by atoms with Crippen molar-refractivity contribution in [3.8, 4) is 0 Å². The number of rotatable bonds is 6. The Balaban J connectivity index is 1.87. The topological polar surface area (TPSA) is 34.2 Å². The Morgan fingerprint density at radius 1 is 1.35 bits per heavy atom. The molecule has 1 aliphatic heterocycles. The zero-order chi connectivity index (χ0) is 13.8. The molecular formula is C16H20N2OS. The molecule has 1 aromatic carbocycles. The Morgan fingerprint density at radius 3 is 2.95 bits per heavy atom. The number of thioether (sulfide) groups is 1. The van der Waals surface area contributed by atoms with E-state index < -0.39 is 0 Å². The van der Waals surface area contributed by atoms with Gasteiger partial charge in [0.15, 0.2) is 0 Å². The average Bonchev–Trinajstić information content (AvgIpc) is 2.43. The van der Waals surface area contributed by atoms with Crippen molar-refractivity contribution in [3.05, 3.63) is 35.9 Å². The lowest BCUT2D eigenvalue weighted by Crippen LogP contribution is -2.30. The van der Waals surface area contributed by atoms with E-state index in [2.05, 4.69) is 36.5 Å². The highest BCUT2D eigenvalue weighted by Crippen LogP contribution is 2.31. The molecule has 2 aromatic rings. The summed E-state index contributed by atoms with van der Waals surface area (Å²) in [6.45, 7) is 5.82. The number of benzene rings is 1. The first kappa shape index (κ1) is 13.9. The number of ether oxygens (including phenoxy) is 1. The lowest BCUT2D eigenvalue weighted by molar-refractivity contribution is 0.0454. The fourth-order valence-corrected chi connectivity index (χ4v) is 3.29. The molecule has 3 nitrogen and oxygen atoms in total. The van der Waals surface area contributed by atoms with Crippen molar-refractivity contribution in [1.29, 1.82) is 0 Å². The van der Waals surface area contributed by atoms with Crippen LogP contribution in [0.5, 0.6) is 0 Å². The molecule has 3 rings (SSSR count).